The van der Waals surface area contributed by atoms with Gasteiger partial charge in [-0.25, -0.2) is 8.78 Å². The average molecular weight is 432 g/mol. The Morgan fingerprint density at radius 3 is 2.26 bits per heavy atom. The second-order valence-electron chi connectivity index (χ2n) is 8.43. The average Bonchev–Trinajstić information content (AvgIpc) is 2.72. The fourth-order valence-electron chi connectivity index (χ4n) is 4.50. The van der Waals surface area contributed by atoms with E-state index in [1.165, 1.54) is 24.3 Å². The zero-order chi connectivity index (χ0) is 22.4. The number of carboxylic acids is 1. The predicted octanol–water partition coefficient (Wildman–Crippen LogP) is 4.92. The van der Waals surface area contributed by atoms with E-state index < -0.39 is 5.97 Å². The Labute approximate surface area is 182 Å². The number of nitrogens with zero attached hydrogens (tertiary/aromatic N) is 1. The van der Waals surface area contributed by atoms with Gasteiger partial charge in [-0.3, -0.25) is 4.79 Å². The minimum atomic E-state index is -0.724. The number of halogens is 2. The summed E-state index contributed by atoms with van der Waals surface area (Å²) < 4.78 is 33.2. The number of hydrogen-bond acceptors (Lipinski definition) is 3. The monoisotopic (exact) mass is 431 g/mol. The molecule has 0 radical (unpaired) electrons. The van der Waals surface area contributed by atoms with E-state index in [-0.39, 0.29) is 23.5 Å². The van der Waals surface area contributed by atoms with Crippen LogP contribution >= 0.6 is 0 Å². The molecule has 3 rings (SSSR count). The molecule has 168 valence electrons. The van der Waals surface area contributed by atoms with Gasteiger partial charge in [0.1, 0.15) is 11.6 Å². The van der Waals surface area contributed by atoms with Crippen LogP contribution in [-0.4, -0.2) is 48.8 Å². The van der Waals surface area contributed by atoms with E-state index in [2.05, 4.69) is 4.90 Å². The van der Waals surface area contributed by atoms with Crippen LogP contribution in [0, 0.1) is 31.4 Å². The molecular weight excluding hydrogens is 400 g/mol. The first kappa shape index (κ1) is 23.4. The standard InChI is InChI=1S/C25H31F2NO3/c1-17-14-20(26)5-7-22(17)24(23-8-6-21(27)15-18(23)2)9-12-31-13-11-28-10-3-4-19(16-28)25(29)30/h5-8,14-15,19,24H,3-4,9-13,16H2,1-2H3,(H,29,30). The van der Waals surface area contributed by atoms with Crippen LogP contribution in [0.25, 0.3) is 0 Å². The molecule has 0 aliphatic carbocycles. The van der Waals surface area contributed by atoms with E-state index >= 15 is 0 Å². The molecule has 0 aromatic heterocycles. The van der Waals surface area contributed by atoms with E-state index in [1.54, 1.807) is 12.1 Å². The summed E-state index contributed by atoms with van der Waals surface area (Å²) in [6.07, 6.45) is 2.33. The van der Waals surface area contributed by atoms with Crippen molar-refractivity contribution in [3.05, 3.63) is 70.3 Å². The van der Waals surface area contributed by atoms with Gasteiger partial charge in [-0.05, 0) is 86.2 Å². The first-order chi connectivity index (χ1) is 14.8. The van der Waals surface area contributed by atoms with Gasteiger partial charge in [-0.2, -0.15) is 0 Å². The molecule has 0 saturated carbocycles. The van der Waals surface area contributed by atoms with Crippen LogP contribution in [0.4, 0.5) is 8.78 Å². The lowest BCUT2D eigenvalue weighted by Crippen LogP contribution is -2.40. The van der Waals surface area contributed by atoms with Crippen LogP contribution in [0.1, 0.15) is 47.4 Å². The fraction of sp³-hybridized carbons (Fsp3) is 0.480. The molecule has 1 saturated heterocycles. The number of benzene rings is 2. The van der Waals surface area contributed by atoms with Crippen molar-refractivity contribution in [2.45, 2.75) is 39.0 Å². The number of hydrogen-bond donors (Lipinski definition) is 1. The summed E-state index contributed by atoms with van der Waals surface area (Å²) in [6, 6.07) is 9.58. The number of rotatable bonds is 9. The Morgan fingerprint density at radius 2 is 1.71 bits per heavy atom. The lowest BCUT2D eigenvalue weighted by Gasteiger charge is -2.30. The molecule has 2 aromatic carbocycles. The predicted molar refractivity (Wildman–Crippen MR) is 116 cm³/mol. The van der Waals surface area contributed by atoms with Crippen molar-refractivity contribution in [3.8, 4) is 0 Å². The Kier molecular flexibility index (Phi) is 8.15. The van der Waals surface area contributed by atoms with Crippen LogP contribution in [0.5, 0.6) is 0 Å². The first-order valence-corrected chi connectivity index (χ1v) is 10.9. The minimum Gasteiger partial charge on any atom is -0.481 e. The molecule has 1 N–H and O–H groups in total. The highest BCUT2D eigenvalue weighted by Crippen LogP contribution is 2.33. The smallest absolute Gasteiger partial charge is 0.307 e. The number of carbonyl (C=O) groups is 1. The largest absolute Gasteiger partial charge is 0.481 e. The normalized spacial score (nSPS) is 17.3. The van der Waals surface area contributed by atoms with Crippen molar-refractivity contribution in [3.63, 3.8) is 0 Å². The molecule has 4 nitrogen and oxygen atoms in total. The molecule has 0 bridgehead atoms. The second-order valence-corrected chi connectivity index (χ2v) is 8.43. The van der Waals surface area contributed by atoms with E-state index in [0.717, 1.165) is 41.6 Å². The van der Waals surface area contributed by atoms with E-state index in [4.69, 9.17) is 4.74 Å². The van der Waals surface area contributed by atoms with Crippen LogP contribution in [0.15, 0.2) is 36.4 Å². The third kappa shape index (κ3) is 6.34. The molecular formula is C25H31F2NO3. The summed E-state index contributed by atoms with van der Waals surface area (Å²) in [4.78, 5) is 13.4. The lowest BCUT2D eigenvalue weighted by atomic mass is 9.84. The van der Waals surface area contributed by atoms with Gasteiger partial charge in [0.2, 0.25) is 0 Å². The third-order valence-corrected chi connectivity index (χ3v) is 6.17. The number of ether oxygens (including phenoxy) is 1. The van der Waals surface area contributed by atoms with Crippen molar-refractivity contribution in [1.82, 2.24) is 4.90 Å². The zero-order valence-corrected chi connectivity index (χ0v) is 18.2. The molecule has 1 heterocycles. The van der Waals surface area contributed by atoms with Crippen molar-refractivity contribution >= 4 is 5.97 Å². The van der Waals surface area contributed by atoms with Gasteiger partial charge in [0.15, 0.2) is 0 Å². The molecule has 1 atom stereocenters. The van der Waals surface area contributed by atoms with Gasteiger partial charge in [-0.1, -0.05) is 12.1 Å². The fourth-order valence-corrected chi connectivity index (χ4v) is 4.50. The summed E-state index contributed by atoms with van der Waals surface area (Å²) in [5.74, 6) is -1.58. The summed E-state index contributed by atoms with van der Waals surface area (Å²) in [5, 5.41) is 9.22. The van der Waals surface area contributed by atoms with Crippen LogP contribution in [0.3, 0.4) is 0 Å². The van der Waals surface area contributed by atoms with Crippen molar-refractivity contribution in [2.24, 2.45) is 5.92 Å². The summed E-state index contributed by atoms with van der Waals surface area (Å²) in [6.45, 7) is 7.00. The van der Waals surface area contributed by atoms with Gasteiger partial charge < -0.3 is 14.7 Å². The Bertz CT molecular complexity index is 851. The topological polar surface area (TPSA) is 49.8 Å². The van der Waals surface area contributed by atoms with E-state index in [0.29, 0.717) is 32.7 Å². The lowest BCUT2D eigenvalue weighted by molar-refractivity contribution is -0.143. The van der Waals surface area contributed by atoms with Crippen molar-refractivity contribution < 1.29 is 23.4 Å². The van der Waals surface area contributed by atoms with Crippen molar-refractivity contribution in [2.75, 3.05) is 32.8 Å². The zero-order valence-electron chi connectivity index (χ0n) is 18.2. The summed E-state index contributed by atoms with van der Waals surface area (Å²) >= 11 is 0. The Balaban J connectivity index is 1.61. The molecule has 1 unspecified atom stereocenters. The summed E-state index contributed by atoms with van der Waals surface area (Å²) in [5.41, 5.74) is 3.75. The number of likely N-dealkylation sites (tertiary alicyclic amines) is 1. The van der Waals surface area contributed by atoms with Gasteiger partial charge in [0.25, 0.3) is 0 Å². The SMILES string of the molecule is Cc1cc(F)ccc1C(CCOCCN1CCCC(C(=O)O)C1)c1ccc(F)cc1C. The van der Waals surface area contributed by atoms with Gasteiger partial charge in [0, 0.05) is 25.6 Å². The van der Waals surface area contributed by atoms with E-state index in [1.807, 2.05) is 13.8 Å². The highest BCUT2D eigenvalue weighted by atomic mass is 19.1. The first-order valence-electron chi connectivity index (χ1n) is 10.9. The quantitative estimate of drug-likeness (QED) is 0.573. The van der Waals surface area contributed by atoms with Crippen LogP contribution in [0.2, 0.25) is 0 Å². The summed E-state index contributed by atoms with van der Waals surface area (Å²) in [7, 11) is 0. The highest BCUT2D eigenvalue weighted by Gasteiger charge is 2.25. The Hall–Kier alpha value is -2.31. The van der Waals surface area contributed by atoms with E-state index in [9.17, 15) is 18.7 Å². The molecule has 0 spiro atoms. The maximum absolute atomic E-state index is 13.6. The second kappa shape index (κ2) is 10.8. The van der Waals surface area contributed by atoms with Crippen LogP contribution in [-0.2, 0) is 9.53 Å². The maximum Gasteiger partial charge on any atom is 0.307 e. The molecule has 2 aromatic rings. The molecule has 6 heteroatoms. The van der Waals surface area contributed by atoms with Crippen LogP contribution < -0.4 is 0 Å². The van der Waals surface area contributed by atoms with Gasteiger partial charge in [0.05, 0.1) is 12.5 Å². The number of aliphatic carboxylic acids is 1. The maximum atomic E-state index is 13.6. The molecule has 1 fully saturated rings. The minimum absolute atomic E-state index is 0.0208. The molecule has 1 aliphatic heterocycles. The van der Waals surface area contributed by atoms with Crippen molar-refractivity contribution in [1.29, 1.82) is 0 Å². The highest BCUT2D eigenvalue weighted by molar-refractivity contribution is 5.70. The molecule has 0 amide bonds. The third-order valence-electron chi connectivity index (χ3n) is 6.17. The van der Waals surface area contributed by atoms with Gasteiger partial charge in [-0.15, -0.1) is 0 Å². The number of aryl methyl sites for hydroxylation is 2. The number of piperidine rings is 1. The number of carboxylic acid groups (broad SMARTS) is 1. The Morgan fingerprint density at radius 1 is 1.10 bits per heavy atom. The van der Waals surface area contributed by atoms with Gasteiger partial charge >= 0.3 is 5.97 Å². The molecule has 31 heavy (non-hydrogen) atoms. The molecule has 1 aliphatic rings.